The Morgan fingerprint density at radius 1 is 1.15 bits per heavy atom. The van der Waals surface area contributed by atoms with Crippen LogP contribution in [0, 0.1) is 0 Å². The van der Waals surface area contributed by atoms with Gasteiger partial charge in [-0.1, -0.05) is 0 Å². The number of hydrogen-bond donors (Lipinski definition) is 1. The molecule has 0 aliphatic carbocycles. The number of nitrogens with zero attached hydrogens (tertiary/aromatic N) is 6. The minimum absolute atomic E-state index is 0.0290. The van der Waals surface area contributed by atoms with Gasteiger partial charge in [0.15, 0.2) is 0 Å². The van der Waals surface area contributed by atoms with E-state index in [1.165, 1.54) is 17.1 Å². The van der Waals surface area contributed by atoms with Crippen LogP contribution in [-0.4, -0.2) is 86.5 Å². The third-order valence-electron chi connectivity index (χ3n) is 5.13. The second-order valence-electron chi connectivity index (χ2n) is 6.63. The third kappa shape index (κ3) is 3.40. The molecular formula is C17H22N6O3. The van der Waals surface area contributed by atoms with Gasteiger partial charge in [0, 0.05) is 45.4 Å². The zero-order chi connectivity index (χ0) is 17.9. The third-order valence-corrected chi connectivity index (χ3v) is 5.13. The highest BCUT2D eigenvalue weighted by atomic mass is 16.5. The van der Waals surface area contributed by atoms with Crippen molar-refractivity contribution in [2.45, 2.75) is 18.9 Å². The number of aromatic nitrogens is 4. The Labute approximate surface area is 151 Å². The summed E-state index contributed by atoms with van der Waals surface area (Å²) in [5, 5.41) is 21.2. The predicted molar refractivity (Wildman–Crippen MR) is 92.1 cm³/mol. The fraction of sp³-hybridized carbons (Fsp3) is 0.529. The first kappa shape index (κ1) is 16.9. The fourth-order valence-corrected chi connectivity index (χ4v) is 3.63. The summed E-state index contributed by atoms with van der Waals surface area (Å²) in [5.74, 6) is -0.192. The van der Waals surface area contributed by atoms with Gasteiger partial charge in [0.1, 0.15) is 12.1 Å². The molecule has 9 heteroatoms. The van der Waals surface area contributed by atoms with E-state index in [1.54, 1.807) is 17.0 Å². The molecule has 0 bridgehead atoms. The lowest BCUT2D eigenvalue weighted by Crippen LogP contribution is -2.53. The van der Waals surface area contributed by atoms with E-state index in [4.69, 9.17) is 4.74 Å². The van der Waals surface area contributed by atoms with Crippen LogP contribution in [0.5, 0.6) is 5.75 Å². The molecule has 1 aromatic carbocycles. The smallest absolute Gasteiger partial charge is 0.257 e. The summed E-state index contributed by atoms with van der Waals surface area (Å²) in [5.41, 5.74) is 0.912. The van der Waals surface area contributed by atoms with E-state index >= 15 is 0 Å². The number of rotatable bonds is 3. The first-order valence-electron chi connectivity index (χ1n) is 8.90. The molecule has 2 aliphatic heterocycles. The lowest BCUT2D eigenvalue weighted by atomic mass is 10.1. The van der Waals surface area contributed by atoms with Crippen LogP contribution in [0.1, 0.15) is 23.2 Å². The van der Waals surface area contributed by atoms with Crippen LogP contribution < -0.4 is 0 Å². The first-order chi connectivity index (χ1) is 12.7. The van der Waals surface area contributed by atoms with Gasteiger partial charge < -0.3 is 14.7 Å². The van der Waals surface area contributed by atoms with Gasteiger partial charge in [-0.25, -0.2) is 4.68 Å². The standard InChI is InChI=1S/C17H22N6O3/c24-16-2-1-14(23-12-18-19-20-23)11-15(16)17(25)22-7-5-21(6-8-22)13-3-9-26-10-4-13/h1-2,11-13,24H,3-10H2. The predicted octanol–water partition coefficient (Wildman–Crippen LogP) is 0.305. The van der Waals surface area contributed by atoms with Gasteiger partial charge in [-0.3, -0.25) is 9.69 Å². The van der Waals surface area contributed by atoms with E-state index < -0.39 is 0 Å². The second kappa shape index (κ2) is 7.38. The van der Waals surface area contributed by atoms with Crippen LogP contribution in [0.25, 0.3) is 5.69 Å². The Morgan fingerprint density at radius 2 is 1.92 bits per heavy atom. The molecule has 2 saturated heterocycles. The molecule has 0 unspecified atom stereocenters. The minimum Gasteiger partial charge on any atom is -0.507 e. The molecule has 0 spiro atoms. The summed E-state index contributed by atoms with van der Waals surface area (Å²) in [6.07, 6.45) is 3.57. The SMILES string of the molecule is O=C(c1cc(-n2cnnn2)ccc1O)N1CCN(C2CCOCC2)CC1. The van der Waals surface area contributed by atoms with Gasteiger partial charge in [0.25, 0.3) is 5.91 Å². The molecule has 2 aliphatic rings. The summed E-state index contributed by atoms with van der Waals surface area (Å²) >= 11 is 0. The molecule has 26 heavy (non-hydrogen) atoms. The zero-order valence-corrected chi connectivity index (χ0v) is 14.5. The largest absolute Gasteiger partial charge is 0.507 e. The van der Waals surface area contributed by atoms with Gasteiger partial charge in [-0.2, -0.15) is 0 Å². The zero-order valence-electron chi connectivity index (χ0n) is 14.5. The summed E-state index contributed by atoms with van der Waals surface area (Å²) in [4.78, 5) is 17.1. The maximum absolute atomic E-state index is 12.9. The quantitative estimate of drug-likeness (QED) is 0.843. The van der Waals surface area contributed by atoms with Crippen molar-refractivity contribution < 1.29 is 14.6 Å². The monoisotopic (exact) mass is 358 g/mol. The number of phenolic OH excluding ortho intramolecular Hbond substituents is 1. The number of ether oxygens (including phenoxy) is 1. The number of carbonyl (C=O) groups excluding carboxylic acids is 1. The molecule has 138 valence electrons. The highest BCUT2D eigenvalue weighted by molar-refractivity contribution is 5.97. The molecular weight excluding hydrogens is 336 g/mol. The van der Waals surface area contributed by atoms with Crippen molar-refractivity contribution in [2.24, 2.45) is 0 Å². The maximum Gasteiger partial charge on any atom is 0.257 e. The molecule has 0 saturated carbocycles. The van der Waals surface area contributed by atoms with Crippen molar-refractivity contribution >= 4 is 5.91 Å². The molecule has 2 fully saturated rings. The van der Waals surface area contributed by atoms with Crippen molar-refractivity contribution in [3.05, 3.63) is 30.1 Å². The van der Waals surface area contributed by atoms with E-state index in [9.17, 15) is 9.90 Å². The Bertz CT molecular complexity index is 752. The Morgan fingerprint density at radius 3 is 2.62 bits per heavy atom. The average molecular weight is 358 g/mol. The highest BCUT2D eigenvalue weighted by Crippen LogP contribution is 2.23. The van der Waals surface area contributed by atoms with Crippen molar-refractivity contribution in [3.8, 4) is 11.4 Å². The normalized spacial score (nSPS) is 19.6. The number of piperazine rings is 1. The molecule has 4 rings (SSSR count). The average Bonchev–Trinajstić information content (AvgIpc) is 3.23. The number of aromatic hydroxyl groups is 1. The lowest BCUT2D eigenvalue weighted by Gasteiger charge is -2.40. The molecule has 1 amide bonds. The van der Waals surface area contributed by atoms with E-state index in [1.807, 2.05) is 0 Å². The topological polar surface area (TPSA) is 96.6 Å². The van der Waals surface area contributed by atoms with E-state index in [0.717, 1.165) is 39.1 Å². The van der Waals surface area contributed by atoms with E-state index in [0.29, 0.717) is 24.8 Å². The van der Waals surface area contributed by atoms with Crippen LogP contribution >= 0.6 is 0 Å². The summed E-state index contributed by atoms with van der Waals surface area (Å²) in [6, 6.07) is 5.35. The number of carbonyl (C=O) groups is 1. The van der Waals surface area contributed by atoms with Crippen molar-refractivity contribution in [3.63, 3.8) is 0 Å². The number of amides is 1. The summed E-state index contributed by atoms with van der Waals surface area (Å²) in [7, 11) is 0. The molecule has 0 atom stereocenters. The van der Waals surface area contributed by atoms with Crippen LogP contribution in [0.4, 0.5) is 0 Å². The van der Waals surface area contributed by atoms with Gasteiger partial charge in [0.05, 0.1) is 11.3 Å². The first-order valence-corrected chi connectivity index (χ1v) is 8.90. The van der Waals surface area contributed by atoms with E-state index in [-0.39, 0.29) is 17.2 Å². The molecule has 9 nitrogen and oxygen atoms in total. The number of phenols is 1. The van der Waals surface area contributed by atoms with E-state index in [2.05, 4.69) is 20.4 Å². The number of hydrogen-bond acceptors (Lipinski definition) is 7. The molecule has 3 heterocycles. The van der Waals surface area contributed by atoms with Gasteiger partial charge in [-0.05, 0) is 41.5 Å². The molecule has 1 aromatic heterocycles. The van der Waals surface area contributed by atoms with Crippen molar-refractivity contribution in [1.29, 1.82) is 0 Å². The van der Waals surface area contributed by atoms with Crippen molar-refractivity contribution in [1.82, 2.24) is 30.0 Å². The summed E-state index contributed by atoms with van der Waals surface area (Å²) in [6.45, 7) is 4.66. The number of tetrazole rings is 1. The molecule has 2 aromatic rings. The van der Waals surface area contributed by atoms with Crippen LogP contribution in [0.2, 0.25) is 0 Å². The van der Waals surface area contributed by atoms with Gasteiger partial charge in [-0.15, -0.1) is 5.10 Å². The Kier molecular flexibility index (Phi) is 4.81. The van der Waals surface area contributed by atoms with Crippen LogP contribution in [0.15, 0.2) is 24.5 Å². The fourth-order valence-electron chi connectivity index (χ4n) is 3.63. The highest BCUT2D eigenvalue weighted by Gasteiger charge is 2.28. The lowest BCUT2D eigenvalue weighted by molar-refractivity contribution is 0.0137. The molecule has 0 radical (unpaired) electrons. The van der Waals surface area contributed by atoms with Gasteiger partial charge >= 0.3 is 0 Å². The minimum atomic E-state index is -0.163. The molecule has 1 N–H and O–H groups in total. The number of benzene rings is 1. The van der Waals surface area contributed by atoms with Gasteiger partial charge in [0.2, 0.25) is 0 Å². The van der Waals surface area contributed by atoms with Crippen molar-refractivity contribution in [2.75, 3.05) is 39.4 Å². The summed E-state index contributed by atoms with van der Waals surface area (Å²) < 4.78 is 6.89. The second-order valence-corrected chi connectivity index (χ2v) is 6.63. The Balaban J connectivity index is 1.44. The van der Waals surface area contributed by atoms with Crippen LogP contribution in [0.3, 0.4) is 0 Å². The van der Waals surface area contributed by atoms with Crippen LogP contribution in [-0.2, 0) is 4.74 Å². The Hall–Kier alpha value is -2.52. The maximum atomic E-state index is 12.9.